The molecule has 0 aliphatic rings. The molecule has 2 aromatic rings. The van der Waals surface area contributed by atoms with E-state index in [1.165, 1.54) is 0 Å². The fraction of sp³-hybridized carbons (Fsp3) is 0.308. The topological polar surface area (TPSA) is 70.1 Å². The third-order valence-electron chi connectivity index (χ3n) is 2.61. The molecule has 0 radical (unpaired) electrons. The fourth-order valence-electron chi connectivity index (χ4n) is 1.69. The van der Waals surface area contributed by atoms with E-state index >= 15 is 0 Å². The molecule has 0 spiro atoms. The maximum Gasteiger partial charge on any atom is 0.120 e. The second-order valence-electron chi connectivity index (χ2n) is 3.95. The van der Waals surface area contributed by atoms with Gasteiger partial charge in [0.05, 0.1) is 28.8 Å². The van der Waals surface area contributed by atoms with Crippen molar-refractivity contribution < 1.29 is 8.95 Å². The molecule has 2 N–H and O–H groups in total. The molecule has 1 aromatic carbocycles. The Bertz CT molecular complexity index is 555. The summed E-state index contributed by atoms with van der Waals surface area (Å²) in [7, 11) is -1.16. The van der Waals surface area contributed by atoms with Crippen LogP contribution in [-0.2, 0) is 17.3 Å². The molecule has 19 heavy (non-hydrogen) atoms. The van der Waals surface area contributed by atoms with Gasteiger partial charge in [-0.25, -0.2) is 0 Å². The average Bonchev–Trinajstić information content (AvgIpc) is 2.92. The molecule has 1 unspecified atom stereocenters. The van der Waals surface area contributed by atoms with Gasteiger partial charge >= 0.3 is 0 Å². The molecular weight excluding hydrogens is 262 g/mol. The minimum Gasteiger partial charge on any atom is -0.494 e. The number of nitrogens with zero attached hydrogens (tertiary/aromatic N) is 2. The molecule has 0 bridgehead atoms. The van der Waals surface area contributed by atoms with Crippen LogP contribution in [0.2, 0.25) is 0 Å². The number of anilines is 1. The van der Waals surface area contributed by atoms with E-state index in [-0.39, 0.29) is 0 Å². The highest BCUT2D eigenvalue weighted by molar-refractivity contribution is 7.85. The van der Waals surface area contributed by atoms with Crippen molar-refractivity contribution in [1.29, 1.82) is 0 Å². The van der Waals surface area contributed by atoms with Crippen LogP contribution < -0.4 is 10.5 Å². The monoisotopic (exact) mass is 279 g/mol. The van der Waals surface area contributed by atoms with E-state index in [0.717, 1.165) is 0 Å². The van der Waals surface area contributed by atoms with Crippen LogP contribution in [-0.4, -0.2) is 26.3 Å². The van der Waals surface area contributed by atoms with Crippen molar-refractivity contribution in [2.75, 3.05) is 18.1 Å². The number of hydrogen-bond acceptors (Lipinski definition) is 4. The Labute approximate surface area is 114 Å². The Morgan fingerprint density at radius 1 is 1.47 bits per heavy atom. The summed E-state index contributed by atoms with van der Waals surface area (Å²) in [5.41, 5.74) is 6.39. The van der Waals surface area contributed by atoms with Gasteiger partial charge in [0.15, 0.2) is 0 Å². The van der Waals surface area contributed by atoms with Crippen LogP contribution in [0.3, 0.4) is 0 Å². The summed E-state index contributed by atoms with van der Waals surface area (Å²) in [6, 6.07) is 7.10. The van der Waals surface area contributed by atoms with Crippen molar-refractivity contribution in [3.05, 3.63) is 36.7 Å². The highest BCUT2D eigenvalue weighted by Crippen LogP contribution is 2.23. The first-order valence-corrected chi connectivity index (χ1v) is 7.40. The van der Waals surface area contributed by atoms with Gasteiger partial charge in [-0.15, -0.1) is 0 Å². The molecule has 1 heterocycles. The predicted molar refractivity (Wildman–Crippen MR) is 75.5 cm³/mol. The SMILES string of the molecule is CCOc1ccc(N)c(S(=O)CCn2cccn2)c1. The first-order valence-electron chi connectivity index (χ1n) is 6.09. The highest BCUT2D eigenvalue weighted by Gasteiger charge is 2.10. The summed E-state index contributed by atoms with van der Waals surface area (Å²) in [5, 5.41) is 4.08. The summed E-state index contributed by atoms with van der Waals surface area (Å²) in [4.78, 5) is 0.623. The van der Waals surface area contributed by atoms with Gasteiger partial charge in [-0.05, 0) is 31.2 Å². The molecule has 5 nitrogen and oxygen atoms in total. The zero-order valence-corrected chi connectivity index (χ0v) is 11.6. The Kier molecular flexibility index (Phi) is 4.57. The van der Waals surface area contributed by atoms with Gasteiger partial charge in [-0.2, -0.15) is 5.10 Å². The number of benzene rings is 1. The van der Waals surface area contributed by atoms with Crippen molar-refractivity contribution in [3.63, 3.8) is 0 Å². The van der Waals surface area contributed by atoms with Crippen molar-refractivity contribution in [1.82, 2.24) is 9.78 Å². The number of nitrogen functional groups attached to an aromatic ring is 1. The minimum absolute atomic E-state index is 0.474. The summed E-state index contributed by atoms with van der Waals surface area (Å²) in [6.45, 7) is 3.08. The van der Waals surface area contributed by atoms with Crippen LogP contribution >= 0.6 is 0 Å². The summed E-state index contributed by atoms with van der Waals surface area (Å²) in [6.07, 6.45) is 3.55. The van der Waals surface area contributed by atoms with Gasteiger partial charge in [-0.3, -0.25) is 8.89 Å². The third kappa shape index (κ3) is 3.57. The number of aryl methyl sites for hydroxylation is 1. The Hall–Kier alpha value is -1.82. The van der Waals surface area contributed by atoms with Crippen LogP contribution in [0.5, 0.6) is 5.75 Å². The average molecular weight is 279 g/mol. The van der Waals surface area contributed by atoms with Crippen LogP contribution in [0, 0.1) is 0 Å². The Morgan fingerprint density at radius 2 is 2.32 bits per heavy atom. The van der Waals surface area contributed by atoms with Crippen molar-refractivity contribution >= 4 is 16.5 Å². The molecule has 6 heteroatoms. The first kappa shape index (κ1) is 13.6. The Balaban J connectivity index is 2.07. The lowest BCUT2D eigenvalue weighted by molar-refractivity contribution is 0.339. The third-order valence-corrected chi connectivity index (χ3v) is 4.00. The largest absolute Gasteiger partial charge is 0.494 e. The van der Waals surface area contributed by atoms with Gasteiger partial charge in [0.1, 0.15) is 5.75 Å². The lowest BCUT2D eigenvalue weighted by Gasteiger charge is -2.09. The van der Waals surface area contributed by atoms with E-state index < -0.39 is 10.8 Å². The minimum atomic E-state index is -1.16. The standard InChI is InChI=1S/C13H17N3O2S/c1-2-18-11-4-5-12(14)13(10-11)19(17)9-8-16-7-3-6-15-16/h3-7,10H,2,8-9,14H2,1H3. The highest BCUT2D eigenvalue weighted by atomic mass is 32.2. The van der Waals surface area contributed by atoms with Gasteiger partial charge in [0.25, 0.3) is 0 Å². The van der Waals surface area contributed by atoms with Gasteiger partial charge in [0, 0.05) is 23.8 Å². The molecule has 0 saturated heterocycles. The molecule has 1 atom stereocenters. The van der Waals surface area contributed by atoms with Crippen LogP contribution in [0.25, 0.3) is 0 Å². The molecule has 2 rings (SSSR count). The van der Waals surface area contributed by atoms with E-state index in [1.807, 2.05) is 19.2 Å². The zero-order chi connectivity index (χ0) is 13.7. The molecule has 0 fully saturated rings. The summed E-state index contributed by atoms with van der Waals surface area (Å²) in [5.74, 6) is 1.17. The number of aromatic nitrogens is 2. The zero-order valence-electron chi connectivity index (χ0n) is 10.8. The van der Waals surface area contributed by atoms with Gasteiger partial charge in [0.2, 0.25) is 0 Å². The van der Waals surface area contributed by atoms with E-state index in [2.05, 4.69) is 5.10 Å². The second-order valence-corrected chi connectivity index (χ2v) is 5.49. The summed E-state index contributed by atoms with van der Waals surface area (Å²) >= 11 is 0. The molecule has 0 amide bonds. The number of hydrogen-bond donors (Lipinski definition) is 1. The van der Waals surface area contributed by atoms with E-state index in [0.29, 0.717) is 35.2 Å². The smallest absolute Gasteiger partial charge is 0.120 e. The molecule has 0 saturated carbocycles. The Morgan fingerprint density at radius 3 is 3.00 bits per heavy atom. The van der Waals surface area contributed by atoms with E-state index in [1.54, 1.807) is 29.1 Å². The fourth-order valence-corrected chi connectivity index (χ4v) is 2.84. The van der Waals surface area contributed by atoms with Crippen molar-refractivity contribution in [3.8, 4) is 5.75 Å². The number of rotatable bonds is 6. The van der Waals surface area contributed by atoms with E-state index in [4.69, 9.17) is 10.5 Å². The van der Waals surface area contributed by atoms with E-state index in [9.17, 15) is 4.21 Å². The maximum absolute atomic E-state index is 12.3. The van der Waals surface area contributed by atoms with Gasteiger partial charge < -0.3 is 10.5 Å². The quantitative estimate of drug-likeness (QED) is 0.817. The van der Waals surface area contributed by atoms with Gasteiger partial charge in [-0.1, -0.05) is 0 Å². The van der Waals surface area contributed by atoms with Crippen LogP contribution in [0.15, 0.2) is 41.6 Å². The predicted octanol–water partition coefficient (Wildman–Crippen LogP) is 1.67. The lowest BCUT2D eigenvalue weighted by Crippen LogP contribution is -2.09. The lowest BCUT2D eigenvalue weighted by atomic mass is 10.3. The molecular formula is C13H17N3O2S. The molecule has 1 aromatic heterocycles. The molecule has 102 valence electrons. The molecule has 0 aliphatic heterocycles. The summed E-state index contributed by atoms with van der Waals surface area (Å²) < 4.78 is 19.4. The number of nitrogens with two attached hydrogens (primary N) is 1. The van der Waals surface area contributed by atoms with Crippen molar-refractivity contribution in [2.45, 2.75) is 18.4 Å². The number of ether oxygens (including phenoxy) is 1. The van der Waals surface area contributed by atoms with Crippen LogP contribution in [0.4, 0.5) is 5.69 Å². The normalized spacial score (nSPS) is 12.3. The second kappa shape index (κ2) is 6.38. The van der Waals surface area contributed by atoms with Crippen LogP contribution in [0.1, 0.15) is 6.92 Å². The maximum atomic E-state index is 12.3. The van der Waals surface area contributed by atoms with Crippen molar-refractivity contribution in [2.24, 2.45) is 0 Å². The molecule has 0 aliphatic carbocycles. The first-order chi connectivity index (χ1) is 9.20.